The highest BCUT2D eigenvalue weighted by molar-refractivity contribution is 4.89. The molecule has 0 saturated heterocycles. The summed E-state index contributed by atoms with van der Waals surface area (Å²) in [4.78, 5) is 0. The largest absolute Gasteiger partial charge is 0.396 e. The molecular formula is C11H22O2. The van der Waals surface area contributed by atoms with Gasteiger partial charge in [-0.25, -0.2) is 0 Å². The maximum absolute atomic E-state index is 9.89. The summed E-state index contributed by atoms with van der Waals surface area (Å²) in [6.07, 6.45) is 2.63. The highest BCUT2D eigenvalue weighted by Gasteiger charge is 2.39. The molecule has 2 heteroatoms. The van der Waals surface area contributed by atoms with Gasteiger partial charge in [0.2, 0.25) is 0 Å². The quantitative estimate of drug-likeness (QED) is 0.690. The molecule has 0 bridgehead atoms. The van der Waals surface area contributed by atoms with Crippen molar-refractivity contribution in [2.45, 2.75) is 46.1 Å². The van der Waals surface area contributed by atoms with E-state index in [-0.39, 0.29) is 18.1 Å². The summed E-state index contributed by atoms with van der Waals surface area (Å²) in [5, 5.41) is 19.1. The van der Waals surface area contributed by atoms with Crippen LogP contribution in [0.25, 0.3) is 0 Å². The second-order valence-corrected chi connectivity index (χ2v) is 5.11. The van der Waals surface area contributed by atoms with Gasteiger partial charge in [-0.3, -0.25) is 0 Å². The van der Waals surface area contributed by atoms with Crippen molar-refractivity contribution in [1.82, 2.24) is 0 Å². The van der Waals surface area contributed by atoms with Gasteiger partial charge >= 0.3 is 0 Å². The van der Waals surface area contributed by atoms with E-state index in [1.807, 2.05) is 6.92 Å². The van der Waals surface area contributed by atoms with Crippen LogP contribution in [0.2, 0.25) is 0 Å². The minimum Gasteiger partial charge on any atom is -0.396 e. The minimum absolute atomic E-state index is 0.110. The number of hydrogen-bond donors (Lipinski definition) is 2. The van der Waals surface area contributed by atoms with Crippen LogP contribution in [0.3, 0.4) is 0 Å². The fourth-order valence-electron chi connectivity index (χ4n) is 2.16. The molecule has 0 aromatic rings. The fourth-order valence-corrected chi connectivity index (χ4v) is 2.16. The van der Waals surface area contributed by atoms with E-state index in [0.29, 0.717) is 11.8 Å². The average molecular weight is 186 g/mol. The van der Waals surface area contributed by atoms with E-state index in [1.54, 1.807) is 0 Å². The third kappa shape index (κ3) is 2.23. The van der Waals surface area contributed by atoms with E-state index in [0.717, 1.165) is 19.3 Å². The van der Waals surface area contributed by atoms with Crippen LogP contribution >= 0.6 is 0 Å². The van der Waals surface area contributed by atoms with Crippen molar-refractivity contribution in [1.29, 1.82) is 0 Å². The van der Waals surface area contributed by atoms with Crippen LogP contribution in [0.5, 0.6) is 0 Å². The third-order valence-electron chi connectivity index (χ3n) is 3.72. The predicted octanol–water partition coefficient (Wildman–Crippen LogP) is 1.80. The summed E-state index contributed by atoms with van der Waals surface area (Å²) >= 11 is 0. The van der Waals surface area contributed by atoms with Crippen LogP contribution in [0, 0.1) is 17.3 Å². The van der Waals surface area contributed by atoms with Crippen LogP contribution in [0.1, 0.15) is 40.0 Å². The molecule has 0 heterocycles. The number of rotatable bonds is 2. The van der Waals surface area contributed by atoms with E-state index >= 15 is 0 Å². The molecule has 2 N–H and O–H groups in total. The summed E-state index contributed by atoms with van der Waals surface area (Å²) in [6.45, 7) is 6.51. The topological polar surface area (TPSA) is 40.5 Å². The molecular weight excluding hydrogens is 164 g/mol. The van der Waals surface area contributed by atoms with Gasteiger partial charge in [-0.15, -0.1) is 0 Å². The lowest BCUT2D eigenvalue weighted by Crippen LogP contribution is -2.42. The highest BCUT2D eigenvalue weighted by atomic mass is 16.3. The first kappa shape index (κ1) is 11.0. The molecule has 0 amide bonds. The summed E-state index contributed by atoms with van der Waals surface area (Å²) in [6, 6.07) is 0. The van der Waals surface area contributed by atoms with Crippen molar-refractivity contribution in [2.75, 3.05) is 6.61 Å². The Kier molecular flexibility index (Phi) is 3.36. The highest BCUT2D eigenvalue weighted by Crippen LogP contribution is 2.40. The molecule has 13 heavy (non-hydrogen) atoms. The number of hydrogen-bond acceptors (Lipinski definition) is 2. The van der Waals surface area contributed by atoms with Gasteiger partial charge in [-0.1, -0.05) is 20.8 Å². The van der Waals surface area contributed by atoms with Crippen molar-refractivity contribution < 1.29 is 10.2 Å². The monoisotopic (exact) mass is 186 g/mol. The van der Waals surface area contributed by atoms with E-state index in [2.05, 4.69) is 13.8 Å². The molecule has 0 aromatic heterocycles. The molecule has 0 radical (unpaired) electrons. The van der Waals surface area contributed by atoms with Gasteiger partial charge < -0.3 is 10.2 Å². The van der Waals surface area contributed by atoms with Crippen LogP contribution in [0.15, 0.2) is 0 Å². The molecule has 0 aromatic carbocycles. The number of aliphatic hydroxyl groups excluding tert-OH is 2. The molecule has 3 unspecified atom stereocenters. The maximum atomic E-state index is 9.89. The number of aliphatic hydroxyl groups is 2. The smallest absolute Gasteiger partial charge is 0.0618 e. The van der Waals surface area contributed by atoms with Crippen molar-refractivity contribution in [3.05, 3.63) is 0 Å². The Morgan fingerprint density at radius 2 is 2.08 bits per heavy atom. The molecule has 0 spiro atoms. The molecule has 1 aliphatic carbocycles. The van der Waals surface area contributed by atoms with Gasteiger partial charge in [0, 0.05) is 5.41 Å². The van der Waals surface area contributed by atoms with Crippen LogP contribution in [-0.4, -0.2) is 22.9 Å². The summed E-state index contributed by atoms with van der Waals surface area (Å²) in [5.41, 5.74) is -0.245. The predicted molar refractivity (Wildman–Crippen MR) is 53.4 cm³/mol. The van der Waals surface area contributed by atoms with E-state index < -0.39 is 0 Å². The van der Waals surface area contributed by atoms with Crippen LogP contribution < -0.4 is 0 Å². The molecule has 2 nitrogen and oxygen atoms in total. The fraction of sp³-hybridized carbons (Fsp3) is 1.00. The van der Waals surface area contributed by atoms with Crippen LogP contribution in [0.4, 0.5) is 0 Å². The van der Waals surface area contributed by atoms with Gasteiger partial charge in [-0.2, -0.15) is 0 Å². The molecule has 1 saturated carbocycles. The lowest BCUT2D eigenvalue weighted by atomic mass is 9.67. The maximum Gasteiger partial charge on any atom is 0.0618 e. The Hall–Kier alpha value is -0.0800. The second kappa shape index (κ2) is 3.97. The van der Waals surface area contributed by atoms with Crippen molar-refractivity contribution in [3.63, 3.8) is 0 Å². The van der Waals surface area contributed by atoms with E-state index in [1.165, 1.54) is 0 Å². The summed E-state index contributed by atoms with van der Waals surface area (Å²) in [5.74, 6) is 1.28. The van der Waals surface area contributed by atoms with Gasteiger partial charge in [0.15, 0.2) is 0 Å². The molecule has 0 aliphatic heterocycles. The summed E-state index contributed by atoms with van der Waals surface area (Å²) < 4.78 is 0. The van der Waals surface area contributed by atoms with Gasteiger partial charge in [0.05, 0.1) is 12.7 Å². The summed E-state index contributed by atoms with van der Waals surface area (Å²) in [7, 11) is 0. The Balaban J connectivity index is 2.56. The first-order valence-corrected chi connectivity index (χ1v) is 5.28. The van der Waals surface area contributed by atoms with Gasteiger partial charge in [0.1, 0.15) is 0 Å². The average Bonchev–Trinajstić information content (AvgIpc) is 2.09. The normalized spacial score (nSPS) is 41.1. The molecule has 78 valence electrons. The lowest BCUT2D eigenvalue weighted by molar-refractivity contribution is -0.0574. The first-order chi connectivity index (χ1) is 5.99. The molecule has 3 atom stereocenters. The molecule has 1 aliphatic rings. The molecule has 1 rings (SSSR count). The second-order valence-electron chi connectivity index (χ2n) is 5.11. The van der Waals surface area contributed by atoms with Gasteiger partial charge in [0.25, 0.3) is 0 Å². The van der Waals surface area contributed by atoms with E-state index in [4.69, 9.17) is 0 Å². The zero-order chi connectivity index (χ0) is 10.1. The van der Waals surface area contributed by atoms with Crippen molar-refractivity contribution >= 4 is 0 Å². The van der Waals surface area contributed by atoms with E-state index in [9.17, 15) is 10.2 Å². The zero-order valence-electron chi connectivity index (χ0n) is 8.95. The Morgan fingerprint density at radius 1 is 1.46 bits per heavy atom. The Labute approximate surface area is 81.0 Å². The standard InChI is InChI=1S/C11H22O2/c1-8(2)9-4-5-11(3,7-12)10(13)6-9/h8-10,12-13H,4-7H2,1-3H3. The lowest BCUT2D eigenvalue weighted by Gasteiger charge is -2.41. The van der Waals surface area contributed by atoms with Crippen molar-refractivity contribution in [3.8, 4) is 0 Å². The minimum atomic E-state index is -0.321. The van der Waals surface area contributed by atoms with Crippen LogP contribution in [-0.2, 0) is 0 Å². The van der Waals surface area contributed by atoms with Gasteiger partial charge in [-0.05, 0) is 31.1 Å². The SMILES string of the molecule is CC(C)C1CCC(C)(CO)C(O)C1. The zero-order valence-corrected chi connectivity index (χ0v) is 8.95. The third-order valence-corrected chi connectivity index (χ3v) is 3.72. The molecule has 1 fully saturated rings. The van der Waals surface area contributed by atoms with Crippen molar-refractivity contribution in [2.24, 2.45) is 17.3 Å². The Bertz CT molecular complexity index is 167. The Morgan fingerprint density at radius 3 is 2.46 bits per heavy atom. The first-order valence-electron chi connectivity index (χ1n) is 5.28.